The fourth-order valence-electron chi connectivity index (χ4n) is 7.52. The fourth-order valence-corrected chi connectivity index (χ4v) is 7.52. The number of allylic oxidation sites excluding steroid dienone is 6. The van der Waals surface area contributed by atoms with E-state index in [4.69, 9.17) is 14.2 Å². The number of esters is 2. The topological polar surface area (TPSA) is 61.8 Å². The van der Waals surface area contributed by atoms with Crippen molar-refractivity contribution < 1.29 is 23.8 Å². The lowest BCUT2D eigenvalue weighted by molar-refractivity contribution is -0.163. The smallest absolute Gasteiger partial charge is 0.306 e. The van der Waals surface area contributed by atoms with Gasteiger partial charge >= 0.3 is 11.9 Å². The van der Waals surface area contributed by atoms with Crippen LogP contribution in [0.2, 0.25) is 0 Å². The zero-order chi connectivity index (χ0) is 42.8. The van der Waals surface area contributed by atoms with Crippen LogP contribution in [0.5, 0.6) is 0 Å². The standard InChI is InChI=1S/C54H100O5/c1-4-7-10-13-16-19-22-25-27-29-31-34-37-40-43-46-49-57-50-52(51-58-53(55)47-44-41-38-35-32-24-21-18-15-12-9-6-3)59-54(56)48-45-42-39-36-33-30-28-26-23-20-17-14-11-8-5-2/h17,20,26,28,33,36,52H,4-16,18-19,21-25,27,29-32,34-35,37-51H2,1-3H3/b20-17-,28-26-,36-33-/t52-/m1/s1. The highest BCUT2D eigenvalue weighted by Crippen LogP contribution is 2.15. The molecule has 0 radical (unpaired) electrons. The first kappa shape index (κ1) is 57.1. The average molecular weight is 829 g/mol. The molecule has 0 spiro atoms. The third kappa shape index (κ3) is 48.7. The molecule has 0 saturated carbocycles. The SMILES string of the molecule is CCCCC/C=C\C/C=C\C/C=C\CCCCC(=O)O[C@H](COCCCCCCCCCCCCCCCCCC)COC(=O)CCCCCCCCCCCCCC. The first-order valence-electron chi connectivity index (χ1n) is 26.0. The van der Waals surface area contributed by atoms with Crippen molar-refractivity contribution in [1.82, 2.24) is 0 Å². The van der Waals surface area contributed by atoms with Gasteiger partial charge in [-0.1, -0.05) is 237 Å². The maximum atomic E-state index is 12.8. The van der Waals surface area contributed by atoms with Crippen LogP contribution in [0.25, 0.3) is 0 Å². The van der Waals surface area contributed by atoms with Crippen molar-refractivity contribution in [3.63, 3.8) is 0 Å². The summed E-state index contributed by atoms with van der Waals surface area (Å²) >= 11 is 0. The zero-order valence-electron chi connectivity index (χ0n) is 39.8. The van der Waals surface area contributed by atoms with Gasteiger partial charge in [0.1, 0.15) is 6.61 Å². The maximum Gasteiger partial charge on any atom is 0.306 e. The molecule has 0 aromatic rings. The number of ether oxygens (including phenoxy) is 3. The molecule has 0 aliphatic carbocycles. The van der Waals surface area contributed by atoms with Crippen LogP contribution >= 0.6 is 0 Å². The third-order valence-corrected chi connectivity index (χ3v) is 11.4. The van der Waals surface area contributed by atoms with Gasteiger partial charge in [0, 0.05) is 19.4 Å². The van der Waals surface area contributed by atoms with Gasteiger partial charge in [0.2, 0.25) is 0 Å². The molecule has 0 aromatic heterocycles. The van der Waals surface area contributed by atoms with Crippen molar-refractivity contribution in [3.8, 4) is 0 Å². The summed E-state index contributed by atoms with van der Waals surface area (Å²) in [5.74, 6) is -0.427. The third-order valence-electron chi connectivity index (χ3n) is 11.4. The molecule has 5 nitrogen and oxygen atoms in total. The van der Waals surface area contributed by atoms with Gasteiger partial charge in [-0.2, -0.15) is 0 Å². The summed E-state index contributed by atoms with van der Waals surface area (Å²) in [5.41, 5.74) is 0. The van der Waals surface area contributed by atoms with E-state index in [1.807, 2.05) is 0 Å². The Morgan fingerprint density at radius 1 is 0.373 bits per heavy atom. The molecule has 0 aliphatic heterocycles. The molecule has 0 amide bonds. The number of unbranched alkanes of at least 4 members (excludes halogenated alkanes) is 31. The van der Waals surface area contributed by atoms with Crippen LogP contribution in [-0.2, 0) is 23.8 Å². The van der Waals surface area contributed by atoms with Gasteiger partial charge in [-0.3, -0.25) is 9.59 Å². The first-order valence-corrected chi connectivity index (χ1v) is 26.0. The highest BCUT2D eigenvalue weighted by Gasteiger charge is 2.17. The van der Waals surface area contributed by atoms with Crippen LogP contribution in [0.15, 0.2) is 36.5 Å². The summed E-state index contributed by atoms with van der Waals surface area (Å²) in [6.45, 7) is 7.80. The molecule has 0 unspecified atom stereocenters. The minimum Gasteiger partial charge on any atom is -0.462 e. The monoisotopic (exact) mass is 829 g/mol. The predicted molar refractivity (Wildman–Crippen MR) is 256 cm³/mol. The van der Waals surface area contributed by atoms with Gasteiger partial charge in [-0.25, -0.2) is 0 Å². The van der Waals surface area contributed by atoms with Gasteiger partial charge in [0.05, 0.1) is 6.61 Å². The molecule has 0 saturated heterocycles. The van der Waals surface area contributed by atoms with E-state index in [-0.39, 0.29) is 25.2 Å². The Balaban J connectivity index is 4.28. The van der Waals surface area contributed by atoms with E-state index in [0.29, 0.717) is 19.4 Å². The van der Waals surface area contributed by atoms with Crippen molar-refractivity contribution in [2.24, 2.45) is 0 Å². The van der Waals surface area contributed by atoms with Crippen LogP contribution in [0.4, 0.5) is 0 Å². The Morgan fingerprint density at radius 3 is 1.17 bits per heavy atom. The molecule has 59 heavy (non-hydrogen) atoms. The number of hydrogen-bond acceptors (Lipinski definition) is 5. The van der Waals surface area contributed by atoms with Crippen molar-refractivity contribution in [2.75, 3.05) is 19.8 Å². The highest BCUT2D eigenvalue weighted by molar-refractivity contribution is 5.70. The second-order valence-corrected chi connectivity index (χ2v) is 17.4. The van der Waals surface area contributed by atoms with Gasteiger partial charge < -0.3 is 14.2 Å². The Kier molecular flexibility index (Phi) is 48.9. The lowest BCUT2D eigenvalue weighted by Gasteiger charge is -2.18. The van der Waals surface area contributed by atoms with Gasteiger partial charge in [-0.05, 0) is 57.8 Å². The predicted octanol–water partition coefficient (Wildman–Crippen LogP) is 17.4. The van der Waals surface area contributed by atoms with Crippen LogP contribution < -0.4 is 0 Å². The Morgan fingerprint density at radius 2 is 0.712 bits per heavy atom. The van der Waals surface area contributed by atoms with E-state index in [2.05, 4.69) is 57.2 Å². The molecule has 5 heteroatoms. The van der Waals surface area contributed by atoms with Crippen LogP contribution in [0.3, 0.4) is 0 Å². The summed E-state index contributed by atoms with van der Waals surface area (Å²) in [6, 6.07) is 0. The van der Waals surface area contributed by atoms with Crippen molar-refractivity contribution in [1.29, 1.82) is 0 Å². The Bertz CT molecular complexity index is 939. The first-order chi connectivity index (χ1) is 29.1. The van der Waals surface area contributed by atoms with E-state index in [9.17, 15) is 9.59 Å². The largest absolute Gasteiger partial charge is 0.462 e. The van der Waals surface area contributed by atoms with Gasteiger partial charge in [0.25, 0.3) is 0 Å². The average Bonchev–Trinajstić information content (AvgIpc) is 3.24. The molecule has 0 bridgehead atoms. The van der Waals surface area contributed by atoms with Crippen LogP contribution in [0.1, 0.15) is 271 Å². The second kappa shape index (κ2) is 50.5. The second-order valence-electron chi connectivity index (χ2n) is 17.4. The molecule has 0 rings (SSSR count). The van der Waals surface area contributed by atoms with Crippen molar-refractivity contribution in [3.05, 3.63) is 36.5 Å². The molecular weight excluding hydrogens is 729 g/mol. The summed E-state index contributed by atoms with van der Waals surface area (Å²) in [4.78, 5) is 25.3. The van der Waals surface area contributed by atoms with Crippen LogP contribution in [0, 0.1) is 0 Å². The number of hydrogen-bond donors (Lipinski definition) is 0. The summed E-state index contributed by atoms with van der Waals surface area (Å²) in [6.07, 6.45) is 60.1. The molecule has 0 N–H and O–H groups in total. The molecule has 346 valence electrons. The highest BCUT2D eigenvalue weighted by atomic mass is 16.6. The lowest BCUT2D eigenvalue weighted by Crippen LogP contribution is -2.30. The molecule has 0 heterocycles. The normalized spacial score (nSPS) is 12.4. The number of carbonyl (C=O) groups is 2. The zero-order valence-corrected chi connectivity index (χ0v) is 39.8. The molecule has 0 fully saturated rings. The lowest BCUT2D eigenvalue weighted by atomic mass is 10.0. The summed E-state index contributed by atoms with van der Waals surface area (Å²) in [7, 11) is 0. The van der Waals surface area contributed by atoms with E-state index in [0.717, 1.165) is 57.8 Å². The molecular formula is C54H100O5. The molecule has 1 atom stereocenters. The van der Waals surface area contributed by atoms with Crippen LogP contribution in [-0.4, -0.2) is 37.9 Å². The van der Waals surface area contributed by atoms with Gasteiger partial charge in [-0.15, -0.1) is 0 Å². The minimum atomic E-state index is -0.549. The van der Waals surface area contributed by atoms with Crippen molar-refractivity contribution >= 4 is 11.9 Å². The van der Waals surface area contributed by atoms with E-state index in [1.54, 1.807) is 0 Å². The van der Waals surface area contributed by atoms with Gasteiger partial charge in [0.15, 0.2) is 6.10 Å². The van der Waals surface area contributed by atoms with E-state index in [1.165, 1.54) is 180 Å². The Labute approximate surface area is 368 Å². The number of carbonyl (C=O) groups excluding carboxylic acids is 2. The Hall–Kier alpha value is -1.88. The van der Waals surface area contributed by atoms with E-state index < -0.39 is 6.10 Å². The summed E-state index contributed by atoms with van der Waals surface area (Å²) in [5, 5.41) is 0. The molecule has 0 aromatic carbocycles. The van der Waals surface area contributed by atoms with E-state index >= 15 is 0 Å². The fraction of sp³-hybridized carbons (Fsp3) is 0.852. The van der Waals surface area contributed by atoms with Crippen molar-refractivity contribution in [2.45, 2.75) is 277 Å². The quantitative estimate of drug-likeness (QED) is 0.0347. The number of rotatable bonds is 48. The molecule has 0 aliphatic rings. The maximum absolute atomic E-state index is 12.8. The minimum absolute atomic E-state index is 0.0761. The summed E-state index contributed by atoms with van der Waals surface area (Å²) < 4.78 is 17.4.